The molecule has 1 atom stereocenters. The molecule has 1 unspecified atom stereocenters. The van der Waals surface area contributed by atoms with Gasteiger partial charge in [-0.15, -0.1) is 0 Å². The maximum atomic E-state index is 14.5. The van der Waals surface area contributed by atoms with Crippen LogP contribution < -0.4 is 0 Å². The van der Waals surface area contributed by atoms with Crippen molar-refractivity contribution in [2.45, 2.75) is 19.4 Å². The minimum atomic E-state index is -0.331. The Hall–Kier alpha value is -3.03. The minimum Gasteiger partial charge on any atom is -0.292 e. The SMILES string of the molecule is Cc1nn(C)cc1C1=NN(C)C(c2ccc(-n3cncn3)c(F)c2)C1. The fourth-order valence-corrected chi connectivity index (χ4v) is 3.25. The highest BCUT2D eigenvalue weighted by molar-refractivity contribution is 6.02. The van der Waals surface area contributed by atoms with Crippen molar-refractivity contribution in [3.05, 3.63) is 59.7 Å². The van der Waals surface area contributed by atoms with Crippen LogP contribution in [-0.4, -0.2) is 42.3 Å². The molecule has 3 heterocycles. The van der Waals surface area contributed by atoms with Gasteiger partial charge in [-0.25, -0.2) is 14.1 Å². The summed E-state index contributed by atoms with van der Waals surface area (Å²) in [6, 6.07) is 5.18. The van der Waals surface area contributed by atoms with Gasteiger partial charge in [0.25, 0.3) is 0 Å². The molecule has 3 aromatic rings. The summed E-state index contributed by atoms with van der Waals surface area (Å²) >= 11 is 0. The Morgan fingerprint density at radius 1 is 1.24 bits per heavy atom. The molecule has 0 saturated heterocycles. The fraction of sp³-hybridized carbons (Fsp3) is 0.294. The smallest absolute Gasteiger partial charge is 0.149 e. The van der Waals surface area contributed by atoms with Gasteiger partial charge in [-0.05, 0) is 24.6 Å². The van der Waals surface area contributed by atoms with Gasteiger partial charge >= 0.3 is 0 Å². The van der Waals surface area contributed by atoms with Crippen LogP contribution in [0.25, 0.3) is 5.69 Å². The van der Waals surface area contributed by atoms with Crippen molar-refractivity contribution in [1.82, 2.24) is 29.6 Å². The van der Waals surface area contributed by atoms with Crippen molar-refractivity contribution >= 4 is 5.71 Å². The van der Waals surface area contributed by atoms with E-state index in [1.807, 2.05) is 38.3 Å². The highest BCUT2D eigenvalue weighted by atomic mass is 19.1. The Morgan fingerprint density at radius 2 is 2.08 bits per heavy atom. The van der Waals surface area contributed by atoms with Crippen LogP contribution in [0.3, 0.4) is 0 Å². The molecule has 0 spiro atoms. The average Bonchev–Trinajstić information content (AvgIpc) is 3.28. The van der Waals surface area contributed by atoms with Gasteiger partial charge in [0, 0.05) is 32.3 Å². The lowest BCUT2D eigenvalue weighted by Crippen LogP contribution is -2.14. The maximum Gasteiger partial charge on any atom is 0.149 e. The lowest BCUT2D eigenvalue weighted by molar-refractivity contribution is 0.289. The molecule has 2 aromatic heterocycles. The van der Waals surface area contributed by atoms with Crippen LogP contribution in [0.2, 0.25) is 0 Å². The standard InChI is InChI=1S/C17H18FN7/c1-11-13(8-23(2)21-11)15-7-17(24(3)22-15)12-4-5-16(14(18)6-12)25-10-19-9-20-25/h4-6,8-10,17H,7H2,1-3H3. The number of rotatable bonds is 3. The van der Waals surface area contributed by atoms with E-state index >= 15 is 0 Å². The number of aryl methyl sites for hydroxylation is 2. The Bertz CT molecular complexity index is 942. The van der Waals surface area contributed by atoms with Gasteiger partial charge < -0.3 is 0 Å². The van der Waals surface area contributed by atoms with E-state index in [4.69, 9.17) is 0 Å². The number of nitrogens with zero attached hydrogens (tertiary/aromatic N) is 7. The molecule has 25 heavy (non-hydrogen) atoms. The summed E-state index contributed by atoms with van der Waals surface area (Å²) in [4.78, 5) is 3.86. The molecule has 0 bridgehead atoms. The average molecular weight is 339 g/mol. The third kappa shape index (κ3) is 2.69. The normalized spacial score (nSPS) is 17.2. The van der Waals surface area contributed by atoms with E-state index in [1.54, 1.807) is 16.8 Å². The van der Waals surface area contributed by atoms with Crippen LogP contribution in [0.15, 0.2) is 42.2 Å². The third-order valence-corrected chi connectivity index (χ3v) is 4.46. The van der Waals surface area contributed by atoms with Crippen LogP contribution in [0, 0.1) is 12.7 Å². The van der Waals surface area contributed by atoms with Crippen molar-refractivity contribution in [3.63, 3.8) is 0 Å². The molecule has 4 rings (SSSR count). The molecule has 7 nitrogen and oxygen atoms in total. The summed E-state index contributed by atoms with van der Waals surface area (Å²) in [5.74, 6) is -0.331. The predicted molar refractivity (Wildman–Crippen MR) is 90.9 cm³/mol. The number of aromatic nitrogens is 5. The van der Waals surface area contributed by atoms with Crippen LogP contribution >= 0.6 is 0 Å². The van der Waals surface area contributed by atoms with E-state index in [2.05, 4.69) is 20.3 Å². The van der Waals surface area contributed by atoms with Gasteiger partial charge in [0.15, 0.2) is 0 Å². The molecule has 128 valence electrons. The summed E-state index contributed by atoms with van der Waals surface area (Å²) < 4.78 is 17.7. The minimum absolute atomic E-state index is 0.00565. The van der Waals surface area contributed by atoms with Crippen molar-refractivity contribution in [3.8, 4) is 5.69 Å². The van der Waals surface area contributed by atoms with Gasteiger partial charge in [-0.3, -0.25) is 9.69 Å². The largest absolute Gasteiger partial charge is 0.292 e. The Labute approximate surface area is 144 Å². The molecule has 0 saturated carbocycles. The van der Waals surface area contributed by atoms with Gasteiger partial charge in [0.1, 0.15) is 24.2 Å². The summed E-state index contributed by atoms with van der Waals surface area (Å²) in [5, 5.41) is 14.9. The van der Waals surface area contributed by atoms with Crippen molar-refractivity contribution in [2.75, 3.05) is 7.05 Å². The number of halogens is 1. The first-order valence-electron chi connectivity index (χ1n) is 7.98. The van der Waals surface area contributed by atoms with Crippen LogP contribution in [-0.2, 0) is 7.05 Å². The zero-order chi connectivity index (χ0) is 17.6. The summed E-state index contributed by atoms with van der Waals surface area (Å²) in [7, 11) is 3.80. The molecule has 0 fully saturated rings. The van der Waals surface area contributed by atoms with Gasteiger partial charge in [0.05, 0.1) is 17.4 Å². The molecule has 0 radical (unpaired) electrons. The molecule has 1 aliphatic heterocycles. The fourth-order valence-electron chi connectivity index (χ4n) is 3.25. The van der Waals surface area contributed by atoms with Gasteiger partial charge in [-0.2, -0.15) is 15.3 Å². The first-order chi connectivity index (χ1) is 12.0. The van der Waals surface area contributed by atoms with E-state index in [0.717, 1.165) is 22.5 Å². The van der Waals surface area contributed by atoms with Gasteiger partial charge in [-0.1, -0.05) is 6.07 Å². The number of benzene rings is 1. The number of hydrogen-bond donors (Lipinski definition) is 0. The molecule has 1 aromatic carbocycles. The lowest BCUT2D eigenvalue weighted by Gasteiger charge is -2.19. The van der Waals surface area contributed by atoms with Crippen molar-refractivity contribution in [1.29, 1.82) is 0 Å². The van der Waals surface area contributed by atoms with Crippen LogP contribution in [0.1, 0.15) is 29.3 Å². The quantitative estimate of drug-likeness (QED) is 0.734. The molecular formula is C17H18FN7. The molecule has 8 heteroatoms. The van der Waals surface area contributed by atoms with E-state index in [-0.39, 0.29) is 11.9 Å². The molecule has 0 N–H and O–H groups in total. The van der Waals surface area contributed by atoms with Gasteiger partial charge in [0.2, 0.25) is 0 Å². The Morgan fingerprint density at radius 3 is 2.72 bits per heavy atom. The number of hydrazone groups is 1. The highest BCUT2D eigenvalue weighted by Crippen LogP contribution is 2.32. The summed E-state index contributed by atoms with van der Waals surface area (Å²) in [5.41, 5.74) is 4.22. The molecule has 0 amide bonds. The second-order valence-electron chi connectivity index (χ2n) is 6.19. The second-order valence-corrected chi connectivity index (χ2v) is 6.19. The van der Waals surface area contributed by atoms with E-state index in [9.17, 15) is 4.39 Å². The summed E-state index contributed by atoms with van der Waals surface area (Å²) in [6.45, 7) is 1.97. The molecular weight excluding hydrogens is 321 g/mol. The molecule has 1 aliphatic rings. The first-order valence-corrected chi connectivity index (χ1v) is 7.98. The highest BCUT2D eigenvalue weighted by Gasteiger charge is 2.28. The zero-order valence-electron chi connectivity index (χ0n) is 14.3. The lowest BCUT2D eigenvalue weighted by atomic mass is 9.98. The van der Waals surface area contributed by atoms with Crippen molar-refractivity contribution < 1.29 is 4.39 Å². The topological polar surface area (TPSA) is 64.1 Å². The third-order valence-electron chi connectivity index (χ3n) is 4.46. The summed E-state index contributed by atoms with van der Waals surface area (Å²) in [6.07, 6.45) is 5.55. The molecule has 0 aliphatic carbocycles. The first kappa shape index (κ1) is 15.5. The Kier molecular flexibility index (Phi) is 3.60. The predicted octanol–water partition coefficient (Wildman–Crippen LogP) is 2.23. The number of hydrogen-bond acceptors (Lipinski definition) is 5. The maximum absolute atomic E-state index is 14.5. The Balaban J connectivity index is 1.61. The van der Waals surface area contributed by atoms with E-state index < -0.39 is 0 Å². The monoisotopic (exact) mass is 339 g/mol. The van der Waals surface area contributed by atoms with Crippen LogP contribution in [0.4, 0.5) is 4.39 Å². The van der Waals surface area contributed by atoms with Crippen LogP contribution in [0.5, 0.6) is 0 Å². The van der Waals surface area contributed by atoms with E-state index in [1.165, 1.54) is 17.3 Å². The zero-order valence-corrected chi connectivity index (χ0v) is 14.3. The second kappa shape index (κ2) is 5.80. The van der Waals surface area contributed by atoms with Crippen molar-refractivity contribution in [2.24, 2.45) is 12.1 Å². The van der Waals surface area contributed by atoms with E-state index in [0.29, 0.717) is 12.1 Å².